The van der Waals surface area contributed by atoms with Gasteiger partial charge in [-0.1, -0.05) is 65.2 Å². The Morgan fingerprint density at radius 3 is 2.14 bits per heavy atom. The standard InChI is InChI=1S/C22H17Cl3F6N2OS/c1-11-6-12(2-4-14(11)18(34)9-32-20(35)33-10-21(26,27)28)3-5-15(22(29,30)31)13-7-16(23)19(25)17(24)8-13/h2-8,15H,9-10H2,1H3,(H2,32,33,35)/b5-3+. The van der Waals surface area contributed by atoms with Crippen molar-refractivity contribution in [3.63, 3.8) is 0 Å². The number of carbonyl (C=O) groups is 1. The number of benzene rings is 2. The Bertz CT molecular complexity index is 1110. The molecular formula is C22H17Cl3F6N2OS. The molecule has 0 aliphatic heterocycles. The summed E-state index contributed by atoms with van der Waals surface area (Å²) in [5.74, 6) is -2.49. The number of hydrogen-bond donors (Lipinski definition) is 2. The lowest BCUT2D eigenvalue weighted by atomic mass is 9.96. The Morgan fingerprint density at radius 1 is 1.03 bits per heavy atom. The summed E-state index contributed by atoms with van der Waals surface area (Å²) in [7, 11) is 0. The summed E-state index contributed by atoms with van der Waals surface area (Å²) in [6.07, 6.45) is -6.94. The van der Waals surface area contributed by atoms with Crippen molar-refractivity contribution in [3.8, 4) is 0 Å². The minimum atomic E-state index is -4.65. The molecule has 2 aromatic carbocycles. The van der Waals surface area contributed by atoms with Crippen molar-refractivity contribution in [1.82, 2.24) is 10.6 Å². The molecule has 2 N–H and O–H groups in total. The molecule has 2 aromatic rings. The third-order valence-corrected chi connectivity index (χ3v) is 6.09. The van der Waals surface area contributed by atoms with E-state index >= 15 is 0 Å². The first-order chi connectivity index (χ1) is 16.1. The number of Topliss-reactive ketones (excluding diaryl/α,β-unsaturated/α-hetero) is 1. The molecule has 0 aromatic heterocycles. The van der Waals surface area contributed by atoms with Crippen LogP contribution in [0.1, 0.15) is 33.0 Å². The molecule has 0 amide bonds. The van der Waals surface area contributed by atoms with Gasteiger partial charge in [-0.15, -0.1) is 0 Å². The molecule has 0 saturated carbocycles. The van der Waals surface area contributed by atoms with Gasteiger partial charge in [0.15, 0.2) is 10.9 Å². The highest BCUT2D eigenvalue weighted by atomic mass is 35.5. The fourth-order valence-corrected chi connectivity index (χ4v) is 3.73. The second-order valence-corrected chi connectivity index (χ2v) is 8.93. The highest BCUT2D eigenvalue weighted by Crippen LogP contribution is 2.41. The zero-order chi connectivity index (χ0) is 26.6. The van der Waals surface area contributed by atoms with Crippen LogP contribution in [-0.2, 0) is 0 Å². The highest BCUT2D eigenvalue weighted by molar-refractivity contribution is 7.80. The number of thiocarbonyl (C=S) groups is 1. The first-order valence-electron chi connectivity index (χ1n) is 9.70. The van der Waals surface area contributed by atoms with E-state index in [1.807, 2.05) is 5.32 Å². The first kappa shape index (κ1) is 29.2. The van der Waals surface area contributed by atoms with E-state index < -0.39 is 30.6 Å². The SMILES string of the molecule is Cc1cc(/C=C/C(c2cc(Cl)c(Cl)c(Cl)c2)C(F)(F)F)ccc1C(=O)CNC(=S)NCC(F)(F)F. The van der Waals surface area contributed by atoms with E-state index in [0.29, 0.717) is 11.1 Å². The van der Waals surface area contributed by atoms with Crippen LogP contribution < -0.4 is 10.6 Å². The van der Waals surface area contributed by atoms with Gasteiger partial charge in [0.1, 0.15) is 6.54 Å². The van der Waals surface area contributed by atoms with Crippen LogP contribution in [0.25, 0.3) is 6.08 Å². The second-order valence-electron chi connectivity index (χ2n) is 7.33. The minimum absolute atomic E-state index is 0.0516. The minimum Gasteiger partial charge on any atom is -0.355 e. The number of rotatable bonds is 7. The van der Waals surface area contributed by atoms with Gasteiger partial charge in [0, 0.05) is 5.56 Å². The van der Waals surface area contributed by atoms with Crippen LogP contribution in [0.15, 0.2) is 36.4 Å². The third-order valence-electron chi connectivity index (χ3n) is 4.61. The molecule has 190 valence electrons. The Morgan fingerprint density at radius 2 is 1.63 bits per heavy atom. The Kier molecular flexibility index (Phi) is 9.87. The molecule has 0 fully saturated rings. The van der Waals surface area contributed by atoms with Crippen LogP contribution in [-0.4, -0.2) is 36.3 Å². The van der Waals surface area contributed by atoms with Gasteiger partial charge in [-0.2, -0.15) is 26.3 Å². The third kappa shape index (κ3) is 8.86. The van der Waals surface area contributed by atoms with Crippen molar-refractivity contribution in [2.75, 3.05) is 13.1 Å². The van der Waals surface area contributed by atoms with Crippen LogP contribution in [0.3, 0.4) is 0 Å². The summed E-state index contributed by atoms with van der Waals surface area (Å²) >= 11 is 22.3. The van der Waals surface area contributed by atoms with Crippen molar-refractivity contribution >= 4 is 64.0 Å². The first-order valence-corrected chi connectivity index (χ1v) is 11.2. The average molecular weight is 578 g/mol. The predicted molar refractivity (Wildman–Crippen MR) is 129 cm³/mol. The molecule has 2 rings (SSSR count). The number of carbonyl (C=O) groups excluding carboxylic acids is 1. The highest BCUT2D eigenvalue weighted by Gasteiger charge is 2.39. The van der Waals surface area contributed by atoms with Gasteiger partial charge in [0.05, 0.1) is 27.5 Å². The van der Waals surface area contributed by atoms with E-state index in [2.05, 4.69) is 5.32 Å². The maximum atomic E-state index is 13.7. The molecular weight excluding hydrogens is 561 g/mol. The van der Waals surface area contributed by atoms with Gasteiger partial charge in [0.2, 0.25) is 0 Å². The largest absolute Gasteiger partial charge is 0.405 e. The summed E-state index contributed by atoms with van der Waals surface area (Å²) in [6, 6.07) is 6.52. The zero-order valence-corrected chi connectivity index (χ0v) is 20.8. The van der Waals surface area contributed by atoms with E-state index in [1.165, 1.54) is 24.3 Å². The van der Waals surface area contributed by atoms with Crippen LogP contribution >= 0.6 is 47.0 Å². The molecule has 3 nitrogen and oxygen atoms in total. The summed E-state index contributed by atoms with van der Waals surface area (Å²) in [6.45, 7) is -0.140. The fraction of sp³-hybridized carbons (Fsp3) is 0.273. The molecule has 1 unspecified atom stereocenters. The quantitative estimate of drug-likeness (QED) is 0.155. The predicted octanol–water partition coefficient (Wildman–Crippen LogP) is 7.52. The molecule has 1 atom stereocenters. The number of ketones is 1. The lowest BCUT2D eigenvalue weighted by Gasteiger charge is -2.18. The molecule has 13 heteroatoms. The maximum absolute atomic E-state index is 13.7. The summed E-state index contributed by atoms with van der Waals surface area (Å²) in [5, 5.41) is 3.70. The number of halogens is 9. The van der Waals surface area contributed by atoms with Gasteiger partial charge in [-0.05, 0) is 48.0 Å². The van der Waals surface area contributed by atoms with E-state index in [4.69, 9.17) is 47.0 Å². The summed E-state index contributed by atoms with van der Waals surface area (Å²) in [5.41, 5.74) is 0.874. The van der Waals surface area contributed by atoms with Crippen molar-refractivity contribution in [2.24, 2.45) is 0 Å². The maximum Gasteiger partial charge on any atom is 0.405 e. The number of alkyl halides is 6. The molecule has 35 heavy (non-hydrogen) atoms. The van der Waals surface area contributed by atoms with Crippen LogP contribution in [0.5, 0.6) is 0 Å². The second kappa shape index (κ2) is 11.8. The van der Waals surface area contributed by atoms with Crippen molar-refractivity contribution < 1.29 is 31.1 Å². The smallest absolute Gasteiger partial charge is 0.355 e. The molecule has 0 aliphatic rings. The number of allylic oxidation sites excluding steroid dienone is 1. The van der Waals surface area contributed by atoms with Crippen molar-refractivity contribution in [2.45, 2.75) is 25.2 Å². The fourth-order valence-electron chi connectivity index (χ4n) is 2.97. The average Bonchev–Trinajstić information content (AvgIpc) is 2.73. The zero-order valence-electron chi connectivity index (χ0n) is 17.8. The van der Waals surface area contributed by atoms with Crippen LogP contribution in [0.4, 0.5) is 26.3 Å². The van der Waals surface area contributed by atoms with E-state index in [-0.39, 0.29) is 37.9 Å². The van der Waals surface area contributed by atoms with Gasteiger partial charge in [0.25, 0.3) is 0 Å². The summed E-state index contributed by atoms with van der Waals surface area (Å²) < 4.78 is 77.7. The normalized spacial score (nSPS) is 13.1. The van der Waals surface area contributed by atoms with Gasteiger partial charge in [-0.3, -0.25) is 4.79 Å². The number of nitrogens with one attached hydrogen (secondary N) is 2. The van der Waals surface area contributed by atoms with Gasteiger partial charge >= 0.3 is 12.4 Å². The van der Waals surface area contributed by atoms with Crippen LogP contribution in [0.2, 0.25) is 15.1 Å². The molecule has 0 spiro atoms. The lowest BCUT2D eigenvalue weighted by Crippen LogP contribution is -2.42. The van der Waals surface area contributed by atoms with E-state index in [1.54, 1.807) is 6.92 Å². The van der Waals surface area contributed by atoms with E-state index in [9.17, 15) is 31.1 Å². The van der Waals surface area contributed by atoms with Crippen molar-refractivity contribution in [3.05, 3.63) is 73.7 Å². The Labute approximate surface area is 217 Å². The van der Waals surface area contributed by atoms with Gasteiger partial charge < -0.3 is 10.6 Å². The monoisotopic (exact) mass is 576 g/mol. The van der Waals surface area contributed by atoms with E-state index in [0.717, 1.165) is 18.2 Å². The number of hydrogen-bond acceptors (Lipinski definition) is 2. The molecule has 0 bridgehead atoms. The number of aryl methyl sites for hydroxylation is 1. The molecule has 0 aliphatic carbocycles. The molecule has 0 saturated heterocycles. The summed E-state index contributed by atoms with van der Waals surface area (Å²) in [4.78, 5) is 12.4. The van der Waals surface area contributed by atoms with Gasteiger partial charge in [-0.25, -0.2) is 0 Å². The Hall–Kier alpha value is -2.01. The molecule has 0 heterocycles. The molecule has 0 radical (unpaired) electrons. The Balaban J connectivity index is 2.15. The lowest BCUT2D eigenvalue weighted by molar-refractivity contribution is -0.139. The van der Waals surface area contributed by atoms with Crippen molar-refractivity contribution in [1.29, 1.82) is 0 Å². The topological polar surface area (TPSA) is 41.1 Å². The van der Waals surface area contributed by atoms with Crippen LogP contribution in [0, 0.1) is 6.92 Å².